The smallest absolute Gasteiger partial charge is 0.172 e. The number of benzene rings is 1. The standard InChI is InChI=1S/C25H28BrN5S/c1-5-20-18(3)32-16-19(20)15-30(4)12-8-11-27-24-13-23(21-10-7-6-9-17(21)2)29-25-22(26)14-28-31(24)25/h5-7,9-10,13-14,16,27H,1,8,11-12,15H2,2-4H3. The van der Waals surface area contributed by atoms with Crippen molar-refractivity contribution in [2.24, 2.45) is 0 Å². The molecule has 4 rings (SSSR count). The van der Waals surface area contributed by atoms with E-state index in [1.807, 2.05) is 10.6 Å². The van der Waals surface area contributed by atoms with Crippen LogP contribution in [0.25, 0.3) is 23.0 Å². The van der Waals surface area contributed by atoms with Crippen molar-refractivity contribution in [1.29, 1.82) is 0 Å². The van der Waals surface area contributed by atoms with Crippen molar-refractivity contribution < 1.29 is 0 Å². The van der Waals surface area contributed by atoms with Gasteiger partial charge in [-0.05, 0) is 71.9 Å². The maximum atomic E-state index is 4.85. The first-order valence-electron chi connectivity index (χ1n) is 10.7. The summed E-state index contributed by atoms with van der Waals surface area (Å²) >= 11 is 5.38. The van der Waals surface area contributed by atoms with E-state index in [9.17, 15) is 0 Å². The second-order valence-corrected chi connectivity index (χ2v) is 9.96. The molecule has 7 heteroatoms. The highest BCUT2D eigenvalue weighted by Crippen LogP contribution is 2.28. The Balaban J connectivity index is 1.44. The number of hydrogen-bond donors (Lipinski definition) is 1. The molecule has 3 heterocycles. The minimum absolute atomic E-state index is 0.815. The predicted octanol–water partition coefficient (Wildman–Crippen LogP) is 6.41. The van der Waals surface area contributed by atoms with E-state index in [-0.39, 0.29) is 0 Å². The minimum Gasteiger partial charge on any atom is -0.370 e. The van der Waals surface area contributed by atoms with Gasteiger partial charge >= 0.3 is 0 Å². The Labute approximate surface area is 201 Å². The average Bonchev–Trinajstić information content (AvgIpc) is 3.33. The SMILES string of the molecule is C=Cc1c(CN(C)CCCNc2cc(-c3ccccc3C)nc3c(Br)cnn23)csc1C. The zero-order chi connectivity index (χ0) is 22.7. The Kier molecular flexibility index (Phi) is 7.08. The van der Waals surface area contributed by atoms with Crippen molar-refractivity contribution in [2.75, 3.05) is 25.5 Å². The van der Waals surface area contributed by atoms with Gasteiger partial charge < -0.3 is 10.2 Å². The summed E-state index contributed by atoms with van der Waals surface area (Å²) in [6.45, 7) is 11.0. The van der Waals surface area contributed by atoms with Crippen LogP contribution in [0.15, 0.2) is 53.0 Å². The first-order chi connectivity index (χ1) is 15.5. The largest absolute Gasteiger partial charge is 0.370 e. The Bertz CT molecular complexity index is 1240. The number of nitrogens with one attached hydrogen (secondary N) is 1. The number of aromatic nitrogens is 3. The van der Waals surface area contributed by atoms with Crippen molar-refractivity contribution in [3.63, 3.8) is 0 Å². The summed E-state index contributed by atoms with van der Waals surface area (Å²) in [5.41, 5.74) is 6.74. The minimum atomic E-state index is 0.815. The molecule has 0 aliphatic carbocycles. The van der Waals surface area contributed by atoms with E-state index >= 15 is 0 Å². The van der Waals surface area contributed by atoms with E-state index in [0.717, 1.165) is 53.3 Å². The predicted molar refractivity (Wildman–Crippen MR) is 139 cm³/mol. The molecule has 0 aliphatic heterocycles. The Morgan fingerprint density at radius 2 is 2.09 bits per heavy atom. The lowest BCUT2D eigenvalue weighted by molar-refractivity contribution is 0.325. The summed E-state index contributed by atoms with van der Waals surface area (Å²) in [5, 5.41) is 10.3. The van der Waals surface area contributed by atoms with Crippen LogP contribution >= 0.6 is 27.3 Å². The van der Waals surface area contributed by atoms with Crippen molar-refractivity contribution in [3.8, 4) is 11.3 Å². The Morgan fingerprint density at radius 1 is 1.28 bits per heavy atom. The third kappa shape index (κ3) is 4.80. The number of fused-ring (bicyclic) bond motifs is 1. The fraction of sp³-hybridized carbons (Fsp3) is 0.280. The van der Waals surface area contributed by atoms with E-state index < -0.39 is 0 Å². The second kappa shape index (κ2) is 9.98. The van der Waals surface area contributed by atoms with Crippen LogP contribution < -0.4 is 5.32 Å². The Hall–Kier alpha value is -2.48. The lowest BCUT2D eigenvalue weighted by Crippen LogP contribution is -2.21. The molecule has 0 unspecified atom stereocenters. The van der Waals surface area contributed by atoms with Crippen molar-refractivity contribution in [3.05, 3.63) is 74.5 Å². The van der Waals surface area contributed by atoms with Gasteiger partial charge in [-0.2, -0.15) is 9.61 Å². The molecule has 4 aromatic rings. The van der Waals surface area contributed by atoms with Gasteiger partial charge in [0.25, 0.3) is 0 Å². The van der Waals surface area contributed by atoms with E-state index in [2.05, 4.69) is 94.4 Å². The fourth-order valence-corrected chi connectivity index (χ4v) is 5.12. The van der Waals surface area contributed by atoms with Crippen LogP contribution in [0.3, 0.4) is 0 Å². The number of halogens is 1. The molecule has 1 aromatic carbocycles. The van der Waals surface area contributed by atoms with E-state index in [1.54, 1.807) is 17.5 Å². The molecule has 0 saturated heterocycles. The molecule has 0 spiro atoms. The molecule has 0 fully saturated rings. The molecule has 0 radical (unpaired) electrons. The number of aryl methyl sites for hydroxylation is 2. The molecule has 5 nitrogen and oxygen atoms in total. The molecule has 0 bridgehead atoms. The third-order valence-corrected chi connectivity index (χ3v) is 7.16. The monoisotopic (exact) mass is 509 g/mol. The summed E-state index contributed by atoms with van der Waals surface area (Å²) in [7, 11) is 2.17. The number of nitrogens with zero attached hydrogens (tertiary/aromatic N) is 4. The van der Waals surface area contributed by atoms with Gasteiger partial charge in [0, 0.05) is 29.6 Å². The topological polar surface area (TPSA) is 45.5 Å². The first kappa shape index (κ1) is 22.7. The number of rotatable bonds is 9. The van der Waals surface area contributed by atoms with Gasteiger partial charge in [0.05, 0.1) is 16.4 Å². The average molecular weight is 511 g/mol. The van der Waals surface area contributed by atoms with Crippen LogP contribution in [0.1, 0.15) is 28.0 Å². The molecule has 166 valence electrons. The molecule has 1 N–H and O–H groups in total. The Morgan fingerprint density at radius 3 is 2.88 bits per heavy atom. The first-order valence-corrected chi connectivity index (χ1v) is 12.4. The molecular weight excluding hydrogens is 482 g/mol. The maximum absolute atomic E-state index is 4.85. The molecular formula is C25H28BrN5S. The van der Waals surface area contributed by atoms with Gasteiger partial charge in [0.15, 0.2) is 5.65 Å². The van der Waals surface area contributed by atoms with E-state index in [0.29, 0.717) is 0 Å². The van der Waals surface area contributed by atoms with E-state index in [4.69, 9.17) is 4.98 Å². The molecule has 3 aromatic heterocycles. The van der Waals surface area contributed by atoms with Crippen molar-refractivity contribution in [1.82, 2.24) is 19.5 Å². The second-order valence-electron chi connectivity index (χ2n) is 8.02. The summed E-state index contributed by atoms with van der Waals surface area (Å²) in [6, 6.07) is 10.4. The highest BCUT2D eigenvalue weighted by molar-refractivity contribution is 9.10. The van der Waals surface area contributed by atoms with Gasteiger partial charge in [-0.25, -0.2) is 4.98 Å². The van der Waals surface area contributed by atoms with Crippen LogP contribution in [0, 0.1) is 13.8 Å². The molecule has 0 saturated carbocycles. The lowest BCUT2D eigenvalue weighted by Gasteiger charge is -2.17. The summed E-state index contributed by atoms with van der Waals surface area (Å²) < 4.78 is 2.75. The molecule has 0 amide bonds. The number of hydrogen-bond acceptors (Lipinski definition) is 5. The highest BCUT2D eigenvalue weighted by Gasteiger charge is 2.13. The van der Waals surface area contributed by atoms with Crippen LogP contribution in [-0.2, 0) is 6.54 Å². The summed E-state index contributed by atoms with van der Waals surface area (Å²) in [6.07, 6.45) is 4.79. The molecule has 0 atom stereocenters. The third-order valence-electron chi connectivity index (χ3n) is 5.62. The normalized spacial score (nSPS) is 11.4. The van der Waals surface area contributed by atoms with Gasteiger partial charge in [-0.1, -0.05) is 36.9 Å². The van der Waals surface area contributed by atoms with Gasteiger partial charge in [-0.3, -0.25) is 0 Å². The highest BCUT2D eigenvalue weighted by atomic mass is 79.9. The lowest BCUT2D eigenvalue weighted by atomic mass is 10.1. The van der Waals surface area contributed by atoms with Crippen LogP contribution in [0.5, 0.6) is 0 Å². The number of anilines is 1. The quantitative estimate of drug-likeness (QED) is 0.264. The van der Waals surface area contributed by atoms with Crippen molar-refractivity contribution >= 4 is 44.8 Å². The summed E-state index contributed by atoms with van der Waals surface area (Å²) in [5.74, 6) is 0.948. The summed E-state index contributed by atoms with van der Waals surface area (Å²) in [4.78, 5) is 8.54. The molecule has 32 heavy (non-hydrogen) atoms. The fourth-order valence-electron chi connectivity index (χ4n) is 3.91. The van der Waals surface area contributed by atoms with Crippen LogP contribution in [0.2, 0.25) is 0 Å². The van der Waals surface area contributed by atoms with Gasteiger partial charge in [0.1, 0.15) is 5.82 Å². The van der Waals surface area contributed by atoms with Crippen LogP contribution in [0.4, 0.5) is 5.82 Å². The molecule has 0 aliphatic rings. The van der Waals surface area contributed by atoms with Gasteiger partial charge in [0.2, 0.25) is 0 Å². The zero-order valence-electron chi connectivity index (χ0n) is 18.7. The van der Waals surface area contributed by atoms with E-state index in [1.165, 1.54) is 21.6 Å². The van der Waals surface area contributed by atoms with Crippen molar-refractivity contribution in [2.45, 2.75) is 26.8 Å². The van der Waals surface area contributed by atoms with Gasteiger partial charge in [-0.15, -0.1) is 11.3 Å². The maximum Gasteiger partial charge on any atom is 0.172 e. The van der Waals surface area contributed by atoms with Crippen LogP contribution in [-0.4, -0.2) is 39.6 Å². The zero-order valence-corrected chi connectivity index (χ0v) is 21.1. The number of thiophene rings is 1.